The number of alkyl carbamates (subject to hydrolysis) is 1. The van der Waals surface area contributed by atoms with E-state index in [2.05, 4.69) is 60.2 Å². The first-order valence-electron chi connectivity index (χ1n) is 21.2. The third-order valence-electron chi connectivity index (χ3n) is 13.7. The molecule has 8 atom stereocenters. The summed E-state index contributed by atoms with van der Waals surface area (Å²) in [5, 5.41) is 10.7. The van der Waals surface area contributed by atoms with E-state index in [9.17, 15) is 19.2 Å². The SMILES string of the molecule is CC(C)CCC[C@@H](C)C1CC[C@H]2[C@@H]3CC=C4CC(OC(=O)NCCOC(=O)C5(C)COC(=O)OC5)CC[C@]4(C)[C@H]3CC[C@]12C.COCCO.O=C1OCCCO1. The number of carbonyl (C=O) groups excluding carboxylic acids is 4. The van der Waals surface area contributed by atoms with Crippen LogP contribution in [0, 0.1) is 51.8 Å². The molecule has 320 valence electrons. The number of esters is 1. The van der Waals surface area contributed by atoms with Crippen LogP contribution in [0.1, 0.15) is 119 Å². The van der Waals surface area contributed by atoms with Crippen molar-refractivity contribution in [1.29, 1.82) is 0 Å². The molecule has 2 heterocycles. The fourth-order valence-electron chi connectivity index (χ4n) is 10.6. The van der Waals surface area contributed by atoms with E-state index in [1.54, 1.807) is 14.0 Å². The maximum atomic E-state index is 12.6. The Morgan fingerprint density at radius 1 is 0.911 bits per heavy atom. The monoisotopic (exact) mass is 793 g/mol. The first-order valence-corrected chi connectivity index (χ1v) is 21.2. The molecule has 56 heavy (non-hydrogen) atoms. The van der Waals surface area contributed by atoms with Crippen LogP contribution in [0.2, 0.25) is 0 Å². The van der Waals surface area contributed by atoms with Crippen molar-refractivity contribution in [2.45, 2.75) is 125 Å². The third-order valence-corrected chi connectivity index (χ3v) is 13.7. The summed E-state index contributed by atoms with van der Waals surface area (Å²) in [6.45, 7) is 15.6. The molecule has 2 N–H and O–H groups in total. The summed E-state index contributed by atoms with van der Waals surface area (Å²) < 4.78 is 34.0. The minimum atomic E-state index is -1.04. The average Bonchev–Trinajstić information content (AvgIpc) is 3.53. The lowest BCUT2D eigenvalue weighted by Gasteiger charge is -2.58. The van der Waals surface area contributed by atoms with Crippen LogP contribution in [0.3, 0.4) is 0 Å². The van der Waals surface area contributed by atoms with Crippen LogP contribution >= 0.6 is 0 Å². The Bertz CT molecular complexity index is 1320. The van der Waals surface area contributed by atoms with Gasteiger partial charge in [0, 0.05) is 20.0 Å². The maximum Gasteiger partial charge on any atom is 0.508 e. The van der Waals surface area contributed by atoms with Gasteiger partial charge >= 0.3 is 24.4 Å². The normalized spacial score (nSPS) is 31.9. The van der Waals surface area contributed by atoms with E-state index in [0.717, 1.165) is 61.2 Å². The summed E-state index contributed by atoms with van der Waals surface area (Å²) >= 11 is 0. The fraction of sp³-hybridized carbons (Fsp3) is 0.860. The number of rotatable bonds is 12. The van der Waals surface area contributed by atoms with E-state index in [-0.39, 0.29) is 44.5 Å². The molecular formula is C43H71NO12. The molecule has 4 aliphatic carbocycles. The Kier molecular flexibility index (Phi) is 17.2. The molecule has 0 radical (unpaired) electrons. The molecule has 2 unspecified atom stereocenters. The number of nitrogens with one attached hydrogen (secondary N) is 1. The second-order valence-corrected chi connectivity index (χ2v) is 18.0. The molecule has 6 aliphatic rings. The van der Waals surface area contributed by atoms with Crippen molar-refractivity contribution in [3.63, 3.8) is 0 Å². The summed E-state index contributed by atoms with van der Waals surface area (Å²) in [5.41, 5.74) is 1.16. The number of ether oxygens (including phenoxy) is 7. The van der Waals surface area contributed by atoms with Gasteiger partial charge in [0.15, 0.2) is 0 Å². The van der Waals surface area contributed by atoms with Gasteiger partial charge in [-0.05, 0) is 98.2 Å². The summed E-state index contributed by atoms with van der Waals surface area (Å²) in [6.07, 6.45) is 15.0. The summed E-state index contributed by atoms with van der Waals surface area (Å²) in [4.78, 5) is 46.1. The Hall–Kier alpha value is -3.06. The van der Waals surface area contributed by atoms with Crippen LogP contribution < -0.4 is 5.32 Å². The lowest BCUT2D eigenvalue weighted by atomic mass is 9.47. The summed E-state index contributed by atoms with van der Waals surface area (Å²) in [6, 6.07) is 0. The smallest absolute Gasteiger partial charge is 0.463 e. The van der Waals surface area contributed by atoms with Crippen LogP contribution in [0.5, 0.6) is 0 Å². The predicted octanol–water partition coefficient (Wildman–Crippen LogP) is 8.01. The molecule has 5 fully saturated rings. The fourth-order valence-corrected chi connectivity index (χ4v) is 10.6. The standard InChI is InChI=1S/C36H57NO7.C4H6O3.C3H8O2/c1-23(2)8-7-9-24(3)28-12-13-29-27-11-10-25-20-26(14-16-35(25,5)30(27)15-17-36(28,29)6)44-32(39)37-18-19-41-31(38)34(4)21-42-33(40)43-22-34;5-4-6-2-1-3-7-4;1-5-3-2-4/h10,23-24,26-30H,7-9,11-22H2,1-6H3,(H,37,39);1-3H2;4H,2-3H2,1H3/t24-,26?,27+,28?,29+,30+,35+,36-;;/m1../s1. The Morgan fingerprint density at radius 2 is 1.61 bits per heavy atom. The van der Waals surface area contributed by atoms with Crippen LogP contribution in [0.25, 0.3) is 0 Å². The number of allylic oxidation sites excluding steroid dienone is 1. The van der Waals surface area contributed by atoms with E-state index in [1.807, 2.05) is 0 Å². The van der Waals surface area contributed by atoms with Gasteiger partial charge in [-0.3, -0.25) is 4.79 Å². The molecule has 0 bridgehead atoms. The highest BCUT2D eigenvalue weighted by Gasteiger charge is 2.59. The summed E-state index contributed by atoms with van der Waals surface area (Å²) in [5.74, 6) is 4.33. The van der Waals surface area contributed by atoms with Gasteiger partial charge < -0.3 is 43.6 Å². The van der Waals surface area contributed by atoms with Crippen molar-refractivity contribution in [2.75, 3.05) is 59.9 Å². The Balaban J connectivity index is 0.000000498. The van der Waals surface area contributed by atoms with Gasteiger partial charge in [0.25, 0.3) is 0 Å². The van der Waals surface area contributed by atoms with Gasteiger partial charge in [-0.1, -0.05) is 65.5 Å². The minimum absolute atomic E-state index is 0.00605. The first-order chi connectivity index (χ1) is 26.7. The van der Waals surface area contributed by atoms with E-state index in [1.165, 1.54) is 56.9 Å². The van der Waals surface area contributed by atoms with Gasteiger partial charge in [0.2, 0.25) is 0 Å². The zero-order valence-corrected chi connectivity index (χ0v) is 35.2. The number of amides is 1. The van der Waals surface area contributed by atoms with Crippen molar-refractivity contribution in [3.8, 4) is 0 Å². The van der Waals surface area contributed by atoms with Crippen LogP contribution in [0.15, 0.2) is 11.6 Å². The quantitative estimate of drug-likeness (QED) is 0.0848. The number of hydrogen-bond acceptors (Lipinski definition) is 12. The number of fused-ring (bicyclic) bond motifs is 5. The Morgan fingerprint density at radius 3 is 2.21 bits per heavy atom. The van der Waals surface area contributed by atoms with Gasteiger partial charge in [-0.15, -0.1) is 0 Å². The predicted molar refractivity (Wildman–Crippen MR) is 209 cm³/mol. The number of hydrogen-bond donors (Lipinski definition) is 2. The lowest BCUT2D eigenvalue weighted by Crippen LogP contribution is -2.51. The second kappa shape index (κ2) is 21.1. The Labute approximate surface area is 334 Å². The molecule has 13 heteroatoms. The van der Waals surface area contributed by atoms with Gasteiger partial charge in [0.1, 0.15) is 31.3 Å². The largest absolute Gasteiger partial charge is 0.508 e. The van der Waals surface area contributed by atoms with E-state index in [4.69, 9.17) is 24.1 Å². The van der Waals surface area contributed by atoms with E-state index in [0.29, 0.717) is 25.2 Å². The minimum Gasteiger partial charge on any atom is -0.463 e. The zero-order chi connectivity index (χ0) is 40.9. The van der Waals surface area contributed by atoms with E-state index >= 15 is 0 Å². The number of carbonyl (C=O) groups is 4. The van der Waals surface area contributed by atoms with Crippen LogP contribution in [-0.4, -0.2) is 95.5 Å². The van der Waals surface area contributed by atoms with Crippen molar-refractivity contribution in [1.82, 2.24) is 5.32 Å². The maximum absolute atomic E-state index is 12.6. The molecule has 0 aromatic heterocycles. The average molecular weight is 794 g/mol. The molecule has 3 saturated carbocycles. The van der Waals surface area contributed by atoms with Crippen LogP contribution in [-0.2, 0) is 38.0 Å². The molecule has 13 nitrogen and oxygen atoms in total. The van der Waals surface area contributed by atoms with Gasteiger partial charge in [0.05, 0.1) is 33.0 Å². The van der Waals surface area contributed by atoms with E-state index < -0.39 is 29.8 Å². The van der Waals surface area contributed by atoms with Gasteiger partial charge in [-0.2, -0.15) is 0 Å². The number of aliphatic hydroxyl groups is 1. The number of methoxy groups -OCH3 is 1. The highest BCUT2D eigenvalue weighted by molar-refractivity contribution is 5.78. The molecular weight excluding hydrogens is 722 g/mol. The van der Waals surface area contributed by atoms with Crippen molar-refractivity contribution in [3.05, 3.63) is 11.6 Å². The topological polar surface area (TPSA) is 165 Å². The molecule has 2 saturated heterocycles. The lowest BCUT2D eigenvalue weighted by molar-refractivity contribution is -0.165. The molecule has 0 spiro atoms. The highest BCUT2D eigenvalue weighted by atomic mass is 16.7. The van der Waals surface area contributed by atoms with Crippen molar-refractivity contribution < 1.29 is 57.4 Å². The number of aliphatic hydroxyl groups excluding tert-OH is 1. The van der Waals surface area contributed by atoms with Gasteiger partial charge in [-0.25, -0.2) is 14.4 Å². The van der Waals surface area contributed by atoms with Crippen molar-refractivity contribution >= 4 is 24.4 Å². The number of cyclic esters (lactones) is 4. The summed E-state index contributed by atoms with van der Waals surface area (Å²) in [7, 11) is 1.55. The highest BCUT2D eigenvalue weighted by Crippen LogP contribution is 2.67. The van der Waals surface area contributed by atoms with Crippen molar-refractivity contribution in [2.24, 2.45) is 51.8 Å². The molecule has 6 rings (SSSR count). The zero-order valence-electron chi connectivity index (χ0n) is 35.2. The third kappa shape index (κ3) is 11.8. The molecule has 0 aromatic carbocycles. The molecule has 0 aromatic rings. The second-order valence-electron chi connectivity index (χ2n) is 18.0. The first kappa shape index (κ1) is 45.6. The molecule has 2 aliphatic heterocycles. The van der Waals surface area contributed by atoms with Crippen LogP contribution in [0.4, 0.5) is 14.4 Å². The molecule has 1 amide bonds.